The number of nitrogens with zero attached hydrogens (tertiary/aromatic N) is 1. The molecule has 2 unspecified atom stereocenters. The standard InChI is InChI=1S/C12H26NO2PS2/c1-5-13(4)11-9-8-10-12(11)18-16(17,14-6-2)15-7-3/h11-12H,5-10H2,1-4H3. The predicted molar refractivity (Wildman–Crippen MR) is 84.9 cm³/mol. The molecule has 1 aliphatic rings. The van der Waals surface area contributed by atoms with Gasteiger partial charge in [-0.25, -0.2) is 0 Å². The van der Waals surface area contributed by atoms with Gasteiger partial charge in [0.2, 0.25) is 5.69 Å². The van der Waals surface area contributed by atoms with Crippen LogP contribution in [0.4, 0.5) is 0 Å². The first kappa shape index (κ1) is 16.9. The molecule has 0 saturated heterocycles. The van der Waals surface area contributed by atoms with Gasteiger partial charge in [-0.3, -0.25) is 0 Å². The molecule has 1 rings (SSSR count). The van der Waals surface area contributed by atoms with Gasteiger partial charge in [-0.15, -0.1) is 0 Å². The van der Waals surface area contributed by atoms with E-state index in [1.165, 1.54) is 19.3 Å². The maximum atomic E-state index is 5.74. The highest BCUT2D eigenvalue weighted by Gasteiger charge is 2.35. The molecule has 0 N–H and O–H groups in total. The van der Waals surface area contributed by atoms with Gasteiger partial charge in [0.15, 0.2) is 0 Å². The van der Waals surface area contributed by atoms with Crippen LogP contribution in [0.1, 0.15) is 40.0 Å². The summed E-state index contributed by atoms with van der Waals surface area (Å²) in [5.41, 5.74) is -2.13. The average molecular weight is 311 g/mol. The Morgan fingerprint density at radius 2 is 1.83 bits per heavy atom. The molecular formula is C12H26NO2PS2. The van der Waals surface area contributed by atoms with E-state index >= 15 is 0 Å². The van der Waals surface area contributed by atoms with Crippen LogP contribution in [0.3, 0.4) is 0 Å². The van der Waals surface area contributed by atoms with E-state index in [-0.39, 0.29) is 0 Å². The fraction of sp³-hybridized carbons (Fsp3) is 1.00. The van der Waals surface area contributed by atoms with Crippen LogP contribution in [0.5, 0.6) is 0 Å². The lowest BCUT2D eigenvalue weighted by Crippen LogP contribution is -2.35. The van der Waals surface area contributed by atoms with E-state index in [1.54, 1.807) is 11.4 Å². The van der Waals surface area contributed by atoms with Crippen molar-refractivity contribution in [1.29, 1.82) is 0 Å². The molecule has 0 radical (unpaired) electrons. The minimum atomic E-state index is -2.13. The first-order valence-corrected chi connectivity index (χ1v) is 11.0. The highest BCUT2D eigenvalue weighted by molar-refractivity contribution is 8.68. The minimum Gasteiger partial charge on any atom is -0.322 e. The van der Waals surface area contributed by atoms with Gasteiger partial charge in [-0.2, -0.15) is 0 Å². The van der Waals surface area contributed by atoms with Crippen LogP contribution in [0, 0.1) is 0 Å². The minimum absolute atomic E-state index is 0.568. The van der Waals surface area contributed by atoms with Crippen LogP contribution >= 0.6 is 17.1 Å². The molecule has 18 heavy (non-hydrogen) atoms. The lowest BCUT2D eigenvalue weighted by atomic mass is 10.2. The maximum Gasteiger partial charge on any atom is 0.247 e. The summed E-state index contributed by atoms with van der Waals surface area (Å²) in [6.45, 7) is 8.57. The van der Waals surface area contributed by atoms with Crippen LogP contribution in [0.2, 0.25) is 0 Å². The van der Waals surface area contributed by atoms with Gasteiger partial charge in [0.25, 0.3) is 0 Å². The van der Waals surface area contributed by atoms with Crippen molar-refractivity contribution >= 4 is 28.9 Å². The van der Waals surface area contributed by atoms with Crippen LogP contribution in [-0.4, -0.2) is 43.0 Å². The summed E-state index contributed by atoms with van der Waals surface area (Å²) in [4.78, 5) is 2.43. The number of hydrogen-bond acceptors (Lipinski definition) is 5. The van der Waals surface area contributed by atoms with Crippen molar-refractivity contribution in [2.45, 2.75) is 51.3 Å². The summed E-state index contributed by atoms with van der Waals surface area (Å²) in [6, 6.07) is 0.628. The van der Waals surface area contributed by atoms with E-state index in [2.05, 4.69) is 18.9 Å². The first-order valence-electron chi connectivity index (χ1n) is 6.84. The van der Waals surface area contributed by atoms with Gasteiger partial charge in [0.1, 0.15) is 0 Å². The highest BCUT2D eigenvalue weighted by Crippen LogP contribution is 2.64. The smallest absolute Gasteiger partial charge is 0.247 e. The number of hydrogen-bond donors (Lipinski definition) is 0. The SMILES string of the molecule is CCOP(=S)(OCC)SC1CCCC1N(C)CC. The molecule has 0 aromatic heterocycles. The molecule has 3 nitrogen and oxygen atoms in total. The van der Waals surface area contributed by atoms with E-state index in [0.717, 1.165) is 6.54 Å². The molecular weight excluding hydrogens is 285 g/mol. The van der Waals surface area contributed by atoms with Crippen LogP contribution in [0.15, 0.2) is 0 Å². The Balaban J connectivity index is 2.65. The normalized spacial score (nSPS) is 24.9. The Hall–Kier alpha value is 0.880. The van der Waals surface area contributed by atoms with Gasteiger partial charge < -0.3 is 13.9 Å². The summed E-state index contributed by atoms with van der Waals surface area (Å²) in [5.74, 6) is 0. The second-order valence-corrected chi connectivity index (χ2v) is 10.9. The molecule has 2 atom stereocenters. The fourth-order valence-electron chi connectivity index (χ4n) is 2.35. The van der Waals surface area contributed by atoms with Gasteiger partial charge in [-0.1, -0.05) is 24.7 Å². The van der Waals surface area contributed by atoms with Crippen molar-refractivity contribution in [3.05, 3.63) is 0 Å². The third-order valence-electron chi connectivity index (χ3n) is 3.32. The topological polar surface area (TPSA) is 21.7 Å². The molecule has 1 aliphatic carbocycles. The van der Waals surface area contributed by atoms with Crippen molar-refractivity contribution in [3.8, 4) is 0 Å². The van der Waals surface area contributed by atoms with E-state index in [4.69, 9.17) is 20.9 Å². The predicted octanol–water partition coefficient (Wildman–Crippen LogP) is 3.89. The Labute approximate surface area is 121 Å². The zero-order valence-electron chi connectivity index (χ0n) is 11.9. The molecule has 0 aliphatic heterocycles. The Bertz CT molecular complexity index is 281. The van der Waals surface area contributed by atoms with Gasteiger partial charge >= 0.3 is 0 Å². The molecule has 0 spiro atoms. The average Bonchev–Trinajstić information content (AvgIpc) is 2.76. The van der Waals surface area contributed by atoms with Gasteiger partial charge in [0.05, 0.1) is 13.2 Å². The van der Waals surface area contributed by atoms with E-state index in [0.29, 0.717) is 24.5 Å². The van der Waals surface area contributed by atoms with Crippen LogP contribution in [-0.2, 0) is 20.9 Å². The monoisotopic (exact) mass is 311 g/mol. The summed E-state index contributed by atoms with van der Waals surface area (Å²) < 4.78 is 11.5. The van der Waals surface area contributed by atoms with E-state index in [9.17, 15) is 0 Å². The Kier molecular flexibility index (Phi) is 7.74. The summed E-state index contributed by atoms with van der Waals surface area (Å²) >= 11 is 7.42. The zero-order valence-corrected chi connectivity index (χ0v) is 14.5. The lowest BCUT2D eigenvalue weighted by Gasteiger charge is -2.31. The van der Waals surface area contributed by atoms with Crippen molar-refractivity contribution in [3.63, 3.8) is 0 Å². The van der Waals surface area contributed by atoms with Crippen molar-refractivity contribution in [2.75, 3.05) is 26.8 Å². The van der Waals surface area contributed by atoms with Crippen LogP contribution < -0.4 is 0 Å². The van der Waals surface area contributed by atoms with E-state index in [1.807, 2.05) is 13.8 Å². The molecule has 0 aromatic rings. The fourth-order valence-corrected chi connectivity index (χ4v) is 8.62. The largest absolute Gasteiger partial charge is 0.322 e. The Morgan fingerprint density at radius 1 is 1.22 bits per heavy atom. The lowest BCUT2D eigenvalue weighted by molar-refractivity contribution is 0.261. The molecule has 0 bridgehead atoms. The van der Waals surface area contributed by atoms with Gasteiger partial charge in [-0.05, 0) is 52.1 Å². The summed E-state index contributed by atoms with van der Waals surface area (Å²) in [6.07, 6.45) is 3.80. The first-order chi connectivity index (χ1) is 8.56. The molecule has 0 amide bonds. The quantitative estimate of drug-likeness (QED) is 0.632. The van der Waals surface area contributed by atoms with Crippen molar-refractivity contribution in [2.24, 2.45) is 0 Å². The second-order valence-electron chi connectivity index (χ2n) is 4.50. The molecule has 0 heterocycles. The second kappa shape index (κ2) is 8.23. The third kappa shape index (κ3) is 4.77. The molecule has 0 aromatic carbocycles. The van der Waals surface area contributed by atoms with Gasteiger partial charge in [0, 0.05) is 11.3 Å². The van der Waals surface area contributed by atoms with Crippen molar-refractivity contribution in [1.82, 2.24) is 4.90 Å². The number of rotatable bonds is 8. The molecule has 6 heteroatoms. The summed E-state index contributed by atoms with van der Waals surface area (Å²) in [7, 11) is 2.20. The highest BCUT2D eigenvalue weighted by atomic mass is 32.9. The molecule has 1 saturated carbocycles. The van der Waals surface area contributed by atoms with E-state index < -0.39 is 5.69 Å². The summed E-state index contributed by atoms with van der Waals surface area (Å²) in [5, 5.41) is 0.568. The Morgan fingerprint density at radius 3 is 2.33 bits per heavy atom. The van der Waals surface area contributed by atoms with Crippen molar-refractivity contribution < 1.29 is 9.05 Å². The van der Waals surface area contributed by atoms with Crippen LogP contribution in [0.25, 0.3) is 0 Å². The zero-order chi connectivity index (χ0) is 13.6. The third-order valence-corrected chi connectivity index (χ3v) is 9.18. The molecule has 1 fully saturated rings. The molecule has 108 valence electrons. The maximum absolute atomic E-state index is 5.74.